The quantitative estimate of drug-likeness (QED) is 0.425. The lowest BCUT2D eigenvalue weighted by Gasteiger charge is -2.11. The monoisotopic (exact) mass is 365 g/mol. The van der Waals surface area contributed by atoms with Crippen LogP contribution in [0.25, 0.3) is 17.0 Å². The number of H-pyrrole nitrogens is 1. The van der Waals surface area contributed by atoms with Crippen molar-refractivity contribution >= 4 is 28.7 Å². The van der Waals surface area contributed by atoms with Gasteiger partial charge < -0.3 is 9.72 Å². The Morgan fingerprint density at radius 2 is 1.93 bits per heavy atom. The Morgan fingerprint density at radius 3 is 2.59 bits per heavy atom. The van der Waals surface area contributed by atoms with Crippen LogP contribution in [0.2, 0.25) is 0 Å². The Bertz CT molecular complexity index is 1060. The molecular weight excluding hydrogens is 342 g/mol. The summed E-state index contributed by atoms with van der Waals surface area (Å²) in [6.45, 7) is 7.24. The highest BCUT2D eigenvalue weighted by molar-refractivity contribution is 6.11. The smallest absolute Gasteiger partial charge is 0.331 e. The molecule has 0 fully saturated rings. The molecule has 6 heteroatoms. The zero-order chi connectivity index (χ0) is 19.7. The van der Waals surface area contributed by atoms with Crippen molar-refractivity contribution in [3.8, 4) is 0 Å². The molecule has 0 saturated heterocycles. The Balaban J connectivity index is 1.75. The summed E-state index contributed by atoms with van der Waals surface area (Å²) in [6, 6.07) is 7.58. The Morgan fingerprint density at radius 1 is 1.22 bits per heavy atom. The van der Waals surface area contributed by atoms with E-state index < -0.39 is 12.1 Å². The summed E-state index contributed by atoms with van der Waals surface area (Å²) in [5, 5.41) is 5.14. The molecule has 0 aliphatic heterocycles. The van der Waals surface area contributed by atoms with Crippen molar-refractivity contribution in [1.82, 2.24) is 14.8 Å². The number of esters is 1. The first kappa shape index (κ1) is 18.6. The number of aryl methyl sites for hydroxylation is 3. The number of rotatable bonds is 5. The Labute approximate surface area is 157 Å². The molecule has 3 rings (SSSR count). The van der Waals surface area contributed by atoms with Crippen LogP contribution < -0.4 is 0 Å². The number of nitrogens with zero attached hydrogens (tertiary/aromatic N) is 2. The van der Waals surface area contributed by atoms with Gasteiger partial charge in [-0.3, -0.25) is 9.48 Å². The van der Waals surface area contributed by atoms with Crippen LogP contribution in [0.5, 0.6) is 0 Å². The summed E-state index contributed by atoms with van der Waals surface area (Å²) < 4.78 is 7.09. The number of Topliss-reactive ketones (excluding diaryl/α,β-unsaturated/α-hetero) is 1. The number of nitrogens with one attached hydrogen (secondary N) is 1. The van der Waals surface area contributed by atoms with E-state index in [1.54, 1.807) is 17.7 Å². The van der Waals surface area contributed by atoms with Crippen molar-refractivity contribution in [2.45, 2.75) is 33.8 Å². The zero-order valence-electron chi connectivity index (χ0n) is 16.2. The van der Waals surface area contributed by atoms with Crippen molar-refractivity contribution in [2.75, 3.05) is 0 Å². The molecule has 1 unspecified atom stereocenters. The fraction of sp³-hybridized carbons (Fsp3) is 0.286. The molecular formula is C21H23N3O3. The number of ether oxygens (including phenoxy) is 1. The van der Waals surface area contributed by atoms with Crippen molar-refractivity contribution in [1.29, 1.82) is 0 Å². The van der Waals surface area contributed by atoms with E-state index in [4.69, 9.17) is 4.74 Å². The number of hydrogen-bond acceptors (Lipinski definition) is 4. The van der Waals surface area contributed by atoms with Gasteiger partial charge in [-0.05, 0) is 39.8 Å². The second-order valence-electron chi connectivity index (χ2n) is 6.66. The summed E-state index contributed by atoms with van der Waals surface area (Å²) in [6.07, 6.45) is 2.13. The highest BCUT2D eigenvalue weighted by atomic mass is 16.5. The first-order valence-corrected chi connectivity index (χ1v) is 8.80. The van der Waals surface area contributed by atoms with Crippen LogP contribution in [-0.4, -0.2) is 32.6 Å². The van der Waals surface area contributed by atoms with Crippen LogP contribution in [0.4, 0.5) is 0 Å². The van der Waals surface area contributed by atoms with Gasteiger partial charge in [-0.2, -0.15) is 5.10 Å². The number of hydrogen-bond donors (Lipinski definition) is 1. The van der Waals surface area contributed by atoms with E-state index in [0.29, 0.717) is 5.56 Å². The summed E-state index contributed by atoms with van der Waals surface area (Å²) in [4.78, 5) is 28.2. The van der Waals surface area contributed by atoms with Gasteiger partial charge in [-0.25, -0.2) is 4.79 Å². The number of benzene rings is 1. The molecule has 6 nitrogen and oxygen atoms in total. The molecule has 0 spiro atoms. The van der Waals surface area contributed by atoms with E-state index in [1.807, 2.05) is 52.1 Å². The Hall–Kier alpha value is -3.15. The molecule has 1 aromatic carbocycles. The topological polar surface area (TPSA) is 77.0 Å². The third-order valence-corrected chi connectivity index (χ3v) is 4.75. The molecule has 1 N–H and O–H groups in total. The van der Waals surface area contributed by atoms with Crippen LogP contribution in [0.3, 0.4) is 0 Å². The van der Waals surface area contributed by atoms with E-state index in [0.717, 1.165) is 33.5 Å². The summed E-state index contributed by atoms with van der Waals surface area (Å²) in [7, 11) is 1.85. The lowest BCUT2D eigenvalue weighted by molar-refractivity contribution is -0.140. The number of aromatic amines is 1. The molecule has 27 heavy (non-hydrogen) atoms. The normalized spacial score (nSPS) is 12.6. The maximum atomic E-state index is 12.8. The number of fused-ring (bicyclic) bond motifs is 1. The SMILES string of the molecule is Cc1nn(C)c(C)c1/C=C/C(=O)OC(C)C(=O)c1c(C)[nH]c2ccccc12. The van der Waals surface area contributed by atoms with Crippen molar-refractivity contribution in [3.63, 3.8) is 0 Å². The van der Waals surface area contributed by atoms with Gasteiger partial charge in [0.25, 0.3) is 0 Å². The van der Waals surface area contributed by atoms with E-state index in [1.165, 1.54) is 6.08 Å². The highest BCUT2D eigenvalue weighted by Gasteiger charge is 2.23. The second-order valence-corrected chi connectivity index (χ2v) is 6.66. The minimum atomic E-state index is -0.879. The summed E-state index contributed by atoms with van der Waals surface area (Å²) in [5.74, 6) is -0.781. The van der Waals surface area contributed by atoms with Gasteiger partial charge in [-0.1, -0.05) is 18.2 Å². The highest BCUT2D eigenvalue weighted by Crippen LogP contribution is 2.24. The van der Waals surface area contributed by atoms with Crippen molar-refractivity contribution < 1.29 is 14.3 Å². The largest absolute Gasteiger partial charge is 0.451 e. The van der Waals surface area contributed by atoms with Gasteiger partial charge in [0, 0.05) is 46.5 Å². The Kier molecular flexibility index (Phi) is 4.99. The average Bonchev–Trinajstić information content (AvgIpc) is 3.07. The van der Waals surface area contributed by atoms with E-state index in [2.05, 4.69) is 10.1 Å². The van der Waals surface area contributed by atoms with Crippen LogP contribution in [0.15, 0.2) is 30.3 Å². The molecule has 2 heterocycles. The number of carbonyl (C=O) groups is 2. The molecule has 0 aliphatic carbocycles. The third-order valence-electron chi connectivity index (χ3n) is 4.75. The van der Waals surface area contributed by atoms with Gasteiger partial charge in [0.05, 0.1) is 5.69 Å². The van der Waals surface area contributed by atoms with Gasteiger partial charge >= 0.3 is 5.97 Å². The van der Waals surface area contributed by atoms with E-state index in [9.17, 15) is 9.59 Å². The van der Waals surface area contributed by atoms with Crippen LogP contribution >= 0.6 is 0 Å². The molecule has 0 saturated carbocycles. The first-order chi connectivity index (χ1) is 12.8. The molecule has 3 aromatic rings. The van der Waals surface area contributed by atoms with Gasteiger partial charge in [0.2, 0.25) is 5.78 Å². The summed E-state index contributed by atoms with van der Waals surface area (Å²) >= 11 is 0. The molecule has 2 aromatic heterocycles. The fourth-order valence-corrected chi connectivity index (χ4v) is 3.25. The number of ketones is 1. The fourth-order valence-electron chi connectivity index (χ4n) is 3.25. The molecule has 0 bridgehead atoms. The molecule has 0 amide bonds. The van der Waals surface area contributed by atoms with Crippen LogP contribution in [0.1, 0.15) is 39.9 Å². The summed E-state index contributed by atoms with van der Waals surface area (Å²) in [5.41, 5.74) is 4.88. The first-order valence-electron chi connectivity index (χ1n) is 8.80. The van der Waals surface area contributed by atoms with Crippen molar-refractivity contribution in [2.24, 2.45) is 7.05 Å². The number of aromatic nitrogens is 3. The van der Waals surface area contributed by atoms with Gasteiger partial charge in [-0.15, -0.1) is 0 Å². The minimum absolute atomic E-state index is 0.222. The molecule has 0 aliphatic rings. The second kappa shape index (κ2) is 7.23. The predicted octanol–water partition coefficient (Wildman–Crippen LogP) is 3.65. The lowest BCUT2D eigenvalue weighted by Crippen LogP contribution is -2.24. The molecule has 140 valence electrons. The standard InChI is InChI=1S/C21H23N3O3/c1-12-16(14(3)24(5)23-12)10-11-19(25)27-15(4)21(26)20-13(2)22-18-9-7-6-8-17(18)20/h6-11,15,22H,1-5H3/b11-10+. The van der Waals surface area contributed by atoms with Gasteiger partial charge in [0.15, 0.2) is 6.10 Å². The van der Waals surface area contributed by atoms with Crippen LogP contribution in [0, 0.1) is 20.8 Å². The van der Waals surface area contributed by atoms with E-state index in [-0.39, 0.29) is 5.78 Å². The van der Waals surface area contributed by atoms with Crippen molar-refractivity contribution in [3.05, 3.63) is 58.6 Å². The van der Waals surface area contributed by atoms with Gasteiger partial charge in [0.1, 0.15) is 0 Å². The minimum Gasteiger partial charge on any atom is -0.451 e. The third kappa shape index (κ3) is 3.56. The van der Waals surface area contributed by atoms with E-state index >= 15 is 0 Å². The number of carbonyl (C=O) groups excluding carboxylic acids is 2. The number of para-hydroxylation sites is 1. The maximum Gasteiger partial charge on any atom is 0.331 e. The lowest BCUT2D eigenvalue weighted by atomic mass is 10.0. The molecule has 1 atom stereocenters. The average molecular weight is 365 g/mol. The zero-order valence-corrected chi connectivity index (χ0v) is 16.2. The molecule has 0 radical (unpaired) electrons. The van der Waals surface area contributed by atoms with Crippen LogP contribution in [-0.2, 0) is 16.6 Å². The predicted molar refractivity (Wildman–Crippen MR) is 105 cm³/mol. The maximum absolute atomic E-state index is 12.8.